The van der Waals surface area contributed by atoms with E-state index in [1.165, 1.54) is 12.5 Å². The van der Waals surface area contributed by atoms with Crippen molar-refractivity contribution < 1.29 is 4.74 Å². The maximum atomic E-state index is 5.84. The van der Waals surface area contributed by atoms with Gasteiger partial charge in [-0.05, 0) is 24.3 Å². The maximum Gasteiger partial charge on any atom is 0.0555 e. The first-order valence-corrected chi connectivity index (χ1v) is 9.21. The molecule has 0 spiro atoms. The molecule has 1 rings (SSSR count). The van der Waals surface area contributed by atoms with Crippen LogP contribution in [0.3, 0.4) is 0 Å². The molecule has 1 fully saturated rings. The van der Waals surface area contributed by atoms with Gasteiger partial charge in [0.15, 0.2) is 0 Å². The topological polar surface area (TPSA) is 9.23 Å². The molecule has 0 aromatic rings. The molecule has 0 aliphatic carbocycles. The molecule has 1 aliphatic rings. The minimum Gasteiger partial charge on any atom is -0.378 e. The Hall–Kier alpha value is 0.177. The van der Waals surface area contributed by atoms with Crippen LogP contribution in [0.2, 0.25) is 25.7 Å². The summed E-state index contributed by atoms with van der Waals surface area (Å²) in [5.74, 6) is 1.62. The van der Waals surface area contributed by atoms with Gasteiger partial charge in [0.2, 0.25) is 0 Å². The lowest BCUT2D eigenvalue weighted by Gasteiger charge is -2.20. The Morgan fingerprint density at radius 1 is 1.31 bits per heavy atom. The van der Waals surface area contributed by atoms with Gasteiger partial charge in [-0.1, -0.05) is 33.5 Å². The molecule has 2 atom stereocenters. The summed E-state index contributed by atoms with van der Waals surface area (Å²) in [5.41, 5.74) is 0. The molecule has 0 bridgehead atoms. The summed E-state index contributed by atoms with van der Waals surface area (Å²) in [4.78, 5) is 0. The summed E-state index contributed by atoms with van der Waals surface area (Å²) < 4.78 is 5.84. The van der Waals surface area contributed by atoms with Crippen LogP contribution in [0.25, 0.3) is 0 Å². The molecular formula is C11H24OSi. The first-order chi connectivity index (χ1) is 5.88. The van der Waals surface area contributed by atoms with Gasteiger partial charge < -0.3 is 4.74 Å². The first-order valence-electron chi connectivity index (χ1n) is 5.50. The molecule has 1 saturated heterocycles. The smallest absolute Gasteiger partial charge is 0.0555 e. The van der Waals surface area contributed by atoms with Crippen molar-refractivity contribution in [2.45, 2.75) is 52.1 Å². The minimum atomic E-state index is -0.912. The van der Waals surface area contributed by atoms with Crippen molar-refractivity contribution in [3.8, 4) is 0 Å². The molecule has 2 heteroatoms. The number of rotatable bonds is 3. The molecule has 0 aromatic carbocycles. The van der Waals surface area contributed by atoms with Crippen LogP contribution < -0.4 is 0 Å². The molecule has 1 nitrogen and oxygen atoms in total. The van der Waals surface area contributed by atoms with Crippen LogP contribution in [0.15, 0.2) is 0 Å². The van der Waals surface area contributed by atoms with Gasteiger partial charge in [-0.15, -0.1) is 0 Å². The molecule has 13 heavy (non-hydrogen) atoms. The predicted molar refractivity (Wildman–Crippen MR) is 60.8 cm³/mol. The zero-order valence-electron chi connectivity index (χ0n) is 9.76. The molecule has 1 heterocycles. The third-order valence-corrected chi connectivity index (χ3v) is 4.57. The van der Waals surface area contributed by atoms with Crippen LogP contribution in [0.5, 0.6) is 0 Å². The summed E-state index contributed by atoms with van der Waals surface area (Å²) in [6.45, 7) is 12.9. The van der Waals surface area contributed by atoms with Crippen LogP contribution in [0, 0.1) is 11.8 Å². The number of ether oxygens (including phenoxy) is 1. The highest BCUT2D eigenvalue weighted by Gasteiger charge is 2.30. The van der Waals surface area contributed by atoms with Gasteiger partial charge in [-0.3, -0.25) is 0 Å². The van der Waals surface area contributed by atoms with Crippen molar-refractivity contribution in [3.05, 3.63) is 0 Å². The lowest BCUT2D eigenvalue weighted by molar-refractivity contribution is 0.115. The molecule has 0 N–H and O–H groups in total. The largest absolute Gasteiger partial charge is 0.378 e. The van der Waals surface area contributed by atoms with Crippen LogP contribution in [0.4, 0.5) is 0 Å². The fraction of sp³-hybridized carbons (Fsp3) is 1.00. The molecule has 78 valence electrons. The highest BCUT2D eigenvalue weighted by atomic mass is 28.3. The van der Waals surface area contributed by atoms with Gasteiger partial charge in [0, 0.05) is 8.07 Å². The van der Waals surface area contributed by atoms with E-state index in [0.29, 0.717) is 6.10 Å². The lowest BCUT2D eigenvalue weighted by Crippen LogP contribution is -2.26. The van der Waals surface area contributed by atoms with E-state index in [2.05, 4.69) is 33.5 Å². The van der Waals surface area contributed by atoms with Crippen molar-refractivity contribution in [2.75, 3.05) is 6.61 Å². The maximum absolute atomic E-state index is 5.84. The fourth-order valence-corrected chi connectivity index (χ4v) is 3.67. The van der Waals surface area contributed by atoms with E-state index in [1.807, 2.05) is 0 Å². The third-order valence-electron chi connectivity index (χ3n) is 2.89. The summed E-state index contributed by atoms with van der Waals surface area (Å²) in [6, 6.07) is 1.34. The van der Waals surface area contributed by atoms with Crippen molar-refractivity contribution in [3.63, 3.8) is 0 Å². The molecule has 1 aliphatic heterocycles. The van der Waals surface area contributed by atoms with Gasteiger partial charge in [0.25, 0.3) is 0 Å². The highest BCUT2D eigenvalue weighted by Crippen LogP contribution is 2.30. The fourth-order valence-electron chi connectivity index (χ4n) is 2.02. The molecule has 0 amide bonds. The molecule has 0 aromatic heterocycles. The normalized spacial score (nSPS) is 30.0. The van der Waals surface area contributed by atoms with Gasteiger partial charge >= 0.3 is 0 Å². The average Bonchev–Trinajstić information content (AvgIpc) is 2.31. The Morgan fingerprint density at radius 2 is 1.92 bits per heavy atom. The molecular weight excluding hydrogens is 176 g/mol. The summed E-state index contributed by atoms with van der Waals surface area (Å²) in [7, 11) is -0.912. The second kappa shape index (κ2) is 4.14. The van der Waals surface area contributed by atoms with Gasteiger partial charge in [-0.2, -0.15) is 0 Å². The van der Waals surface area contributed by atoms with Crippen molar-refractivity contribution in [2.24, 2.45) is 11.8 Å². The SMILES string of the molecule is CC(C)C1COC(C[Si](C)(C)C)C1. The monoisotopic (exact) mass is 200 g/mol. The Morgan fingerprint density at radius 3 is 2.31 bits per heavy atom. The van der Waals surface area contributed by atoms with E-state index in [4.69, 9.17) is 4.74 Å². The van der Waals surface area contributed by atoms with E-state index in [-0.39, 0.29) is 0 Å². The van der Waals surface area contributed by atoms with Gasteiger partial charge in [0.1, 0.15) is 0 Å². The van der Waals surface area contributed by atoms with E-state index >= 15 is 0 Å². The summed E-state index contributed by atoms with van der Waals surface area (Å²) in [5, 5.41) is 0. The van der Waals surface area contributed by atoms with E-state index < -0.39 is 8.07 Å². The minimum absolute atomic E-state index is 0.582. The average molecular weight is 200 g/mol. The van der Waals surface area contributed by atoms with Crippen LogP contribution in [-0.2, 0) is 4.74 Å². The van der Waals surface area contributed by atoms with E-state index in [9.17, 15) is 0 Å². The van der Waals surface area contributed by atoms with Crippen LogP contribution >= 0.6 is 0 Å². The van der Waals surface area contributed by atoms with Crippen LogP contribution in [0.1, 0.15) is 20.3 Å². The Labute approximate surface area is 83.9 Å². The quantitative estimate of drug-likeness (QED) is 0.635. The second-order valence-electron chi connectivity index (χ2n) is 5.96. The molecule has 2 unspecified atom stereocenters. The highest BCUT2D eigenvalue weighted by molar-refractivity contribution is 6.76. The standard InChI is InChI=1S/C11H24OSi/c1-9(2)10-6-11(12-7-10)8-13(3,4)5/h9-11H,6-8H2,1-5H3. The number of hydrogen-bond donors (Lipinski definition) is 0. The summed E-state index contributed by atoms with van der Waals surface area (Å²) in [6.07, 6.45) is 1.89. The lowest BCUT2D eigenvalue weighted by atomic mass is 9.94. The zero-order valence-corrected chi connectivity index (χ0v) is 10.8. The first kappa shape index (κ1) is 11.3. The third kappa shape index (κ3) is 3.82. The number of hydrogen-bond acceptors (Lipinski definition) is 1. The Kier molecular flexibility index (Phi) is 3.58. The molecule has 0 radical (unpaired) electrons. The van der Waals surface area contributed by atoms with Crippen molar-refractivity contribution in [1.29, 1.82) is 0 Å². The predicted octanol–water partition coefficient (Wildman–Crippen LogP) is 3.39. The van der Waals surface area contributed by atoms with Gasteiger partial charge in [-0.25, -0.2) is 0 Å². The van der Waals surface area contributed by atoms with E-state index in [1.54, 1.807) is 0 Å². The van der Waals surface area contributed by atoms with Crippen molar-refractivity contribution in [1.82, 2.24) is 0 Å². The Bertz CT molecular complexity index is 160. The van der Waals surface area contributed by atoms with Crippen molar-refractivity contribution >= 4 is 8.07 Å². The Balaban J connectivity index is 2.33. The second-order valence-corrected chi connectivity index (χ2v) is 11.5. The molecule has 0 saturated carbocycles. The van der Waals surface area contributed by atoms with Gasteiger partial charge in [0.05, 0.1) is 12.7 Å². The zero-order chi connectivity index (χ0) is 10.1. The summed E-state index contributed by atoms with van der Waals surface area (Å²) >= 11 is 0. The van der Waals surface area contributed by atoms with Crippen LogP contribution in [-0.4, -0.2) is 20.8 Å². The van der Waals surface area contributed by atoms with E-state index in [0.717, 1.165) is 18.4 Å².